The van der Waals surface area contributed by atoms with Crippen LogP contribution in [0.4, 0.5) is 5.82 Å². The molecule has 2 aliphatic heterocycles. The summed E-state index contributed by atoms with van der Waals surface area (Å²) >= 11 is 1.70. The fraction of sp³-hybridized carbons (Fsp3) is 0.438. The Balaban J connectivity index is 1.81. The Morgan fingerprint density at radius 3 is 2.76 bits per heavy atom. The highest BCUT2D eigenvalue weighted by atomic mass is 32.2. The van der Waals surface area contributed by atoms with Crippen molar-refractivity contribution in [2.75, 3.05) is 32.4 Å². The molecule has 9 heteroatoms. The molecule has 0 amide bonds. The second kappa shape index (κ2) is 7.25. The molecule has 1 aromatic rings. The molecule has 134 valence electrons. The van der Waals surface area contributed by atoms with E-state index in [1.165, 1.54) is 22.6 Å². The van der Waals surface area contributed by atoms with Crippen molar-refractivity contribution in [3.05, 3.63) is 29.9 Å². The smallest absolute Gasteiger partial charge is 0.244 e. The molecule has 1 aromatic heterocycles. The topological polar surface area (TPSA) is 82.8 Å². The van der Waals surface area contributed by atoms with Crippen LogP contribution in [0.5, 0.6) is 0 Å². The number of hydrogen-bond donors (Lipinski definition) is 1. The predicted molar refractivity (Wildman–Crippen MR) is 99.6 cm³/mol. The van der Waals surface area contributed by atoms with Crippen molar-refractivity contribution in [1.29, 1.82) is 0 Å². The molecular weight excluding hydrogens is 358 g/mol. The van der Waals surface area contributed by atoms with Crippen molar-refractivity contribution in [2.45, 2.75) is 23.4 Å². The zero-order valence-corrected chi connectivity index (χ0v) is 15.8. The molecule has 0 saturated carbocycles. The van der Waals surface area contributed by atoms with Crippen LogP contribution in [0.15, 0.2) is 34.8 Å². The molecule has 1 saturated heterocycles. The maximum atomic E-state index is 12.9. The van der Waals surface area contributed by atoms with E-state index in [1.54, 1.807) is 18.7 Å². The van der Waals surface area contributed by atoms with E-state index in [0.717, 1.165) is 0 Å². The summed E-state index contributed by atoms with van der Waals surface area (Å²) in [5, 5.41) is 2.05. The van der Waals surface area contributed by atoms with Gasteiger partial charge in [0.05, 0.1) is 6.04 Å². The largest absolute Gasteiger partial charge is 0.384 e. The summed E-state index contributed by atoms with van der Waals surface area (Å²) in [4.78, 5) is 8.42. The third-order valence-corrected chi connectivity index (χ3v) is 7.20. The van der Waals surface area contributed by atoms with Gasteiger partial charge in [0.15, 0.2) is 0 Å². The minimum absolute atomic E-state index is 0.147. The molecular formula is C16H21N5O2S2. The van der Waals surface area contributed by atoms with Gasteiger partial charge in [-0.2, -0.15) is 4.31 Å². The van der Waals surface area contributed by atoms with Gasteiger partial charge >= 0.3 is 0 Å². The summed E-state index contributed by atoms with van der Waals surface area (Å²) in [5.74, 6) is 6.39. The molecule has 7 nitrogen and oxygen atoms in total. The van der Waals surface area contributed by atoms with E-state index in [-0.39, 0.29) is 16.4 Å². The van der Waals surface area contributed by atoms with Gasteiger partial charge in [0.25, 0.3) is 0 Å². The predicted octanol–water partition coefficient (Wildman–Crippen LogP) is 0.795. The van der Waals surface area contributed by atoms with Gasteiger partial charge in [-0.3, -0.25) is 4.90 Å². The van der Waals surface area contributed by atoms with E-state index >= 15 is 0 Å². The molecule has 2 N–H and O–H groups in total. The number of nitrogens with two attached hydrogens (primary N) is 1. The Morgan fingerprint density at radius 2 is 2.16 bits per heavy atom. The summed E-state index contributed by atoms with van der Waals surface area (Å²) in [7, 11) is -1.59. The maximum absolute atomic E-state index is 12.9. The summed E-state index contributed by atoms with van der Waals surface area (Å²) in [6, 6.07) is 2.84. The average Bonchev–Trinajstić information content (AvgIpc) is 3.01. The molecule has 0 spiro atoms. The quantitative estimate of drug-likeness (QED) is 0.778. The van der Waals surface area contributed by atoms with Crippen molar-refractivity contribution in [2.24, 2.45) is 0 Å². The van der Waals surface area contributed by atoms with Gasteiger partial charge in [0, 0.05) is 39.1 Å². The normalized spacial score (nSPS) is 25.0. The summed E-state index contributed by atoms with van der Waals surface area (Å²) in [5.41, 5.74) is 5.70. The Bertz CT molecular complexity index is 813. The zero-order valence-electron chi connectivity index (χ0n) is 14.2. The molecule has 0 aromatic carbocycles. The Morgan fingerprint density at radius 1 is 1.36 bits per heavy atom. The van der Waals surface area contributed by atoms with Crippen LogP contribution in [0, 0.1) is 11.8 Å². The van der Waals surface area contributed by atoms with Crippen LogP contribution in [0.1, 0.15) is 6.92 Å². The number of aromatic nitrogens is 1. The minimum atomic E-state index is -3.61. The second-order valence-corrected chi connectivity index (χ2v) is 8.75. The first-order valence-corrected chi connectivity index (χ1v) is 10.3. The summed E-state index contributed by atoms with van der Waals surface area (Å²) in [6.07, 6.45) is 3.33. The number of rotatable bonds is 3. The number of nitrogens with zero attached hydrogens (tertiary/aromatic N) is 4. The minimum Gasteiger partial charge on any atom is -0.384 e. The van der Waals surface area contributed by atoms with Gasteiger partial charge in [-0.05, 0) is 24.5 Å². The van der Waals surface area contributed by atoms with E-state index < -0.39 is 10.0 Å². The number of piperazine rings is 1. The third kappa shape index (κ3) is 3.62. The number of hydrogen-bond acceptors (Lipinski definition) is 7. The molecule has 25 heavy (non-hydrogen) atoms. The molecule has 1 fully saturated rings. The highest BCUT2D eigenvalue weighted by molar-refractivity contribution is 8.02. The molecule has 0 bridgehead atoms. The number of nitrogen functional groups attached to an aromatic ring is 1. The van der Waals surface area contributed by atoms with E-state index in [9.17, 15) is 8.42 Å². The Hall–Kier alpha value is -1.73. The van der Waals surface area contributed by atoms with E-state index in [4.69, 9.17) is 5.73 Å². The first-order valence-electron chi connectivity index (χ1n) is 7.87. The Labute approximate surface area is 152 Å². The zero-order chi connectivity index (χ0) is 18.0. The lowest BCUT2D eigenvalue weighted by atomic mass is 10.2. The van der Waals surface area contributed by atoms with Crippen LogP contribution in [0.3, 0.4) is 0 Å². The van der Waals surface area contributed by atoms with Gasteiger partial charge < -0.3 is 10.6 Å². The van der Waals surface area contributed by atoms with Crippen molar-refractivity contribution in [3.63, 3.8) is 0 Å². The monoisotopic (exact) mass is 379 g/mol. The van der Waals surface area contributed by atoms with Crippen molar-refractivity contribution < 1.29 is 8.42 Å². The molecule has 2 atom stereocenters. The molecule has 0 aliphatic carbocycles. The first kappa shape index (κ1) is 18.1. The highest BCUT2D eigenvalue weighted by Crippen LogP contribution is 2.30. The van der Waals surface area contributed by atoms with E-state index in [0.29, 0.717) is 25.5 Å². The first-order chi connectivity index (χ1) is 11.9. The van der Waals surface area contributed by atoms with Crippen molar-refractivity contribution in [3.8, 4) is 11.8 Å². The van der Waals surface area contributed by atoms with Crippen molar-refractivity contribution in [1.82, 2.24) is 19.1 Å². The highest BCUT2D eigenvalue weighted by Gasteiger charge is 2.38. The van der Waals surface area contributed by atoms with Crippen LogP contribution in [0.2, 0.25) is 0 Å². The molecule has 2 aliphatic rings. The third-order valence-electron chi connectivity index (χ3n) is 4.22. The van der Waals surface area contributed by atoms with Crippen LogP contribution in [-0.4, -0.2) is 65.7 Å². The molecule has 1 unspecified atom stereocenters. The average molecular weight is 380 g/mol. The standard InChI is InChI=1S/C16H21N5O2S2/c1-3-4-13-12-20(7-8-21(13)16-19(2)9-10-24-16)25(22,23)14-5-6-15(17)18-11-14/h5-6,9-11,13,16H,7-8,12H2,1-2H3,(H2,17,18)/t13-,16?/m0/s1. The SMILES string of the molecule is CC#C[C@H]1CN(S(=O)(=O)c2ccc(N)nc2)CCN1C1SC=CN1C. The van der Waals surface area contributed by atoms with Gasteiger partial charge in [-0.1, -0.05) is 17.7 Å². The lowest BCUT2D eigenvalue weighted by molar-refractivity contribution is 0.0898. The summed E-state index contributed by atoms with van der Waals surface area (Å²) in [6.45, 7) is 3.14. The number of thioether (sulfide) groups is 1. The van der Waals surface area contributed by atoms with Gasteiger partial charge in [0.2, 0.25) is 10.0 Å². The van der Waals surface area contributed by atoms with E-state index in [2.05, 4.69) is 26.6 Å². The van der Waals surface area contributed by atoms with Crippen LogP contribution < -0.4 is 5.73 Å². The fourth-order valence-electron chi connectivity index (χ4n) is 2.93. The van der Waals surface area contributed by atoms with Gasteiger partial charge in [-0.25, -0.2) is 13.4 Å². The van der Waals surface area contributed by atoms with Crippen LogP contribution in [-0.2, 0) is 10.0 Å². The van der Waals surface area contributed by atoms with Crippen LogP contribution >= 0.6 is 11.8 Å². The summed E-state index contributed by atoms with van der Waals surface area (Å²) < 4.78 is 27.3. The fourth-order valence-corrected chi connectivity index (χ4v) is 5.38. The molecule has 0 radical (unpaired) electrons. The maximum Gasteiger partial charge on any atom is 0.244 e. The number of anilines is 1. The van der Waals surface area contributed by atoms with Gasteiger partial charge in [0.1, 0.15) is 16.2 Å². The van der Waals surface area contributed by atoms with Crippen LogP contribution in [0.25, 0.3) is 0 Å². The number of pyridine rings is 1. The second-order valence-electron chi connectivity index (χ2n) is 5.84. The van der Waals surface area contributed by atoms with Crippen molar-refractivity contribution >= 4 is 27.6 Å². The lowest BCUT2D eigenvalue weighted by Gasteiger charge is -2.43. The lowest BCUT2D eigenvalue weighted by Crippen LogP contribution is -2.58. The van der Waals surface area contributed by atoms with Gasteiger partial charge in [-0.15, -0.1) is 5.92 Å². The number of sulfonamides is 1. The molecule has 3 rings (SSSR count). The molecule has 3 heterocycles. The Kier molecular flexibility index (Phi) is 5.24. The van der Waals surface area contributed by atoms with E-state index in [1.807, 2.05) is 18.7 Å².